The Labute approximate surface area is 94.1 Å². The van der Waals surface area contributed by atoms with Crippen LogP contribution in [0.25, 0.3) is 0 Å². The third-order valence-electron chi connectivity index (χ3n) is 2.22. The van der Waals surface area contributed by atoms with Gasteiger partial charge in [-0.2, -0.15) is 5.26 Å². The Hall–Kier alpha value is -2.02. The molecule has 0 aromatic heterocycles. The number of aromatic hydroxyl groups is 1. The number of nitriles is 1. The van der Waals surface area contributed by atoms with E-state index in [9.17, 15) is 9.90 Å². The van der Waals surface area contributed by atoms with Crippen LogP contribution < -0.4 is 0 Å². The highest BCUT2D eigenvalue weighted by Crippen LogP contribution is 2.23. The van der Waals surface area contributed by atoms with E-state index in [1.165, 1.54) is 12.1 Å². The Morgan fingerprint density at radius 2 is 2.19 bits per heavy atom. The molecule has 16 heavy (non-hydrogen) atoms. The largest absolute Gasteiger partial charge is 0.507 e. The molecule has 1 rings (SSSR count). The molecular formula is C12H13NO3. The molecule has 0 aliphatic carbocycles. The standard InChI is InChI=1S/C12H13NO3/c1-3-8-5-9(7-13)11(14)6-10(8)12(15)16-4-2/h5-6,14H,3-4H2,1-2H3. The molecule has 84 valence electrons. The summed E-state index contributed by atoms with van der Waals surface area (Å²) < 4.78 is 4.87. The average molecular weight is 219 g/mol. The normalized spacial score (nSPS) is 9.56. The van der Waals surface area contributed by atoms with Crippen LogP contribution in [-0.2, 0) is 11.2 Å². The van der Waals surface area contributed by atoms with Gasteiger partial charge in [0.2, 0.25) is 0 Å². The van der Waals surface area contributed by atoms with Crippen LogP contribution in [0.2, 0.25) is 0 Å². The van der Waals surface area contributed by atoms with Crippen LogP contribution in [0.1, 0.15) is 35.3 Å². The van der Waals surface area contributed by atoms with Gasteiger partial charge in [-0.15, -0.1) is 0 Å². The Balaban J connectivity index is 3.24. The molecule has 0 amide bonds. The van der Waals surface area contributed by atoms with Gasteiger partial charge >= 0.3 is 5.97 Å². The van der Waals surface area contributed by atoms with Crippen LogP contribution in [0.3, 0.4) is 0 Å². The van der Waals surface area contributed by atoms with Gasteiger partial charge in [-0.25, -0.2) is 4.79 Å². The van der Waals surface area contributed by atoms with Crippen LogP contribution >= 0.6 is 0 Å². The van der Waals surface area contributed by atoms with E-state index in [0.717, 1.165) is 0 Å². The summed E-state index contributed by atoms with van der Waals surface area (Å²) in [6.07, 6.45) is 0.600. The van der Waals surface area contributed by atoms with Crippen molar-refractivity contribution in [1.29, 1.82) is 5.26 Å². The summed E-state index contributed by atoms with van der Waals surface area (Å²) in [5, 5.41) is 18.2. The Kier molecular flexibility index (Phi) is 3.90. The summed E-state index contributed by atoms with van der Waals surface area (Å²) >= 11 is 0. The second-order valence-corrected chi connectivity index (χ2v) is 3.21. The second kappa shape index (κ2) is 5.17. The minimum absolute atomic E-state index is 0.171. The van der Waals surface area contributed by atoms with Crippen LogP contribution in [0, 0.1) is 11.3 Å². The maximum atomic E-state index is 11.6. The van der Waals surface area contributed by atoms with Gasteiger partial charge < -0.3 is 9.84 Å². The average Bonchev–Trinajstić information content (AvgIpc) is 2.29. The summed E-state index contributed by atoms with van der Waals surface area (Å²) in [5.74, 6) is -0.665. The third-order valence-corrected chi connectivity index (χ3v) is 2.22. The molecular weight excluding hydrogens is 206 g/mol. The number of ether oxygens (including phenoxy) is 1. The van der Waals surface area contributed by atoms with Crippen molar-refractivity contribution in [3.8, 4) is 11.8 Å². The minimum Gasteiger partial charge on any atom is -0.507 e. The van der Waals surface area contributed by atoms with E-state index in [1.54, 1.807) is 6.92 Å². The number of phenolic OH excluding ortho intramolecular Hbond substituents is 1. The molecule has 0 fully saturated rings. The fraction of sp³-hybridized carbons (Fsp3) is 0.333. The first-order valence-corrected chi connectivity index (χ1v) is 5.07. The predicted molar refractivity (Wildman–Crippen MR) is 58.2 cm³/mol. The lowest BCUT2D eigenvalue weighted by molar-refractivity contribution is 0.0524. The molecule has 4 nitrogen and oxygen atoms in total. The van der Waals surface area contributed by atoms with E-state index in [1.807, 2.05) is 13.0 Å². The topological polar surface area (TPSA) is 70.3 Å². The van der Waals surface area contributed by atoms with E-state index in [0.29, 0.717) is 17.5 Å². The third kappa shape index (κ3) is 2.31. The van der Waals surface area contributed by atoms with E-state index < -0.39 is 5.97 Å². The van der Waals surface area contributed by atoms with Crippen LogP contribution in [0.5, 0.6) is 5.75 Å². The molecule has 1 aromatic rings. The number of phenols is 1. The molecule has 0 radical (unpaired) electrons. The van der Waals surface area contributed by atoms with Crippen LogP contribution in [-0.4, -0.2) is 17.7 Å². The molecule has 0 aliphatic heterocycles. The van der Waals surface area contributed by atoms with Crippen molar-refractivity contribution in [2.24, 2.45) is 0 Å². The minimum atomic E-state index is -0.473. The summed E-state index contributed by atoms with van der Waals surface area (Å²) in [4.78, 5) is 11.6. The maximum absolute atomic E-state index is 11.6. The zero-order chi connectivity index (χ0) is 12.1. The summed E-state index contributed by atoms with van der Waals surface area (Å²) in [6.45, 7) is 3.87. The number of carbonyl (C=O) groups excluding carboxylic acids is 1. The van der Waals surface area contributed by atoms with Crippen molar-refractivity contribution in [1.82, 2.24) is 0 Å². The highest BCUT2D eigenvalue weighted by atomic mass is 16.5. The predicted octanol–water partition coefficient (Wildman–Crippen LogP) is 2.00. The van der Waals surface area contributed by atoms with Crippen LogP contribution in [0.15, 0.2) is 12.1 Å². The monoisotopic (exact) mass is 219 g/mol. The van der Waals surface area contributed by atoms with Crippen molar-refractivity contribution in [2.75, 3.05) is 6.61 Å². The first-order valence-electron chi connectivity index (χ1n) is 5.07. The van der Waals surface area contributed by atoms with E-state index >= 15 is 0 Å². The van der Waals surface area contributed by atoms with E-state index in [2.05, 4.69) is 0 Å². The number of nitrogens with zero attached hydrogens (tertiary/aromatic N) is 1. The maximum Gasteiger partial charge on any atom is 0.338 e. The fourth-order valence-corrected chi connectivity index (χ4v) is 1.41. The lowest BCUT2D eigenvalue weighted by Crippen LogP contribution is -2.08. The fourth-order valence-electron chi connectivity index (χ4n) is 1.41. The Bertz CT molecular complexity index is 446. The van der Waals surface area contributed by atoms with E-state index in [-0.39, 0.29) is 17.9 Å². The smallest absolute Gasteiger partial charge is 0.338 e. The quantitative estimate of drug-likeness (QED) is 0.789. The van der Waals surface area contributed by atoms with E-state index in [4.69, 9.17) is 10.00 Å². The molecule has 0 saturated heterocycles. The summed E-state index contributed by atoms with van der Waals surface area (Å²) in [7, 11) is 0. The number of esters is 1. The van der Waals surface area contributed by atoms with Gasteiger partial charge in [0, 0.05) is 0 Å². The lowest BCUT2D eigenvalue weighted by atomic mass is 10.0. The van der Waals surface area contributed by atoms with Crippen molar-refractivity contribution >= 4 is 5.97 Å². The molecule has 0 spiro atoms. The number of carbonyl (C=O) groups is 1. The van der Waals surface area contributed by atoms with Crippen molar-refractivity contribution in [3.63, 3.8) is 0 Å². The number of hydrogen-bond acceptors (Lipinski definition) is 4. The summed E-state index contributed by atoms with van der Waals surface area (Å²) in [6, 6.07) is 4.67. The Morgan fingerprint density at radius 3 is 2.69 bits per heavy atom. The second-order valence-electron chi connectivity index (χ2n) is 3.21. The summed E-state index contributed by atoms with van der Waals surface area (Å²) in [5.41, 5.74) is 1.19. The molecule has 0 atom stereocenters. The molecule has 0 bridgehead atoms. The van der Waals surface area contributed by atoms with Gasteiger partial charge in [-0.05, 0) is 31.0 Å². The molecule has 1 N–H and O–H groups in total. The molecule has 1 aromatic carbocycles. The van der Waals surface area contributed by atoms with Gasteiger partial charge in [-0.3, -0.25) is 0 Å². The number of benzene rings is 1. The van der Waals surface area contributed by atoms with Crippen molar-refractivity contribution in [2.45, 2.75) is 20.3 Å². The molecule has 0 heterocycles. The van der Waals surface area contributed by atoms with Gasteiger partial charge in [0.25, 0.3) is 0 Å². The zero-order valence-electron chi connectivity index (χ0n) is 9.28. The number of rotatable bonds is 3. The first kappa shape index (κ1) is 12.1. The number of aryl methyl sites for hydroxylation is 1. The molecule has 4 heteroatoms. The highest BCUT2D eigenvalue weighted by molar-refractivity contribution is 5.92. The van der Waals surface area contributed by atoms with Crippen molar-refractivity contribution < 1.29 is 14.6 Å². The van der Waals surface area contributed by atoms with Crippen molar-refractivity contribution in [3.05, 3.63) is 28.8 Å². The molecule has 0 saturated carbocycles. The highest BCUT2D eigenvalue weighted by Gasteiger charge is 2.15. The molecule has 0 aliphatic rings. The van der Waals surface area contributed by atoms with Gasteiger partial charge in [0.05, 0.1) is 17.7 Å². The first-order chi connectivity index (χ1) is 7.63. The van der Waals surface area contributed by atoms with Gasteiger partial charge in [0.15, 0.2) is 0 Å². The lowest BCUT2D eigenvalue weighted by Gasteiger charge is -2.08. The SMILES string of the molecule is CCOC(=O)c1cc(O)c(C#N)cc1CC. The van der Waals surface area contributed by atoms with Gasteiger partial charge in [-0.1, -0.05) is 6.92 Å². The zero-order valence-corrected chi connectivity index (χ0v) is 9.28. The number of hydrogen-bond donors (Lipinski definition) is 1. The van der Waals surface area contributed by atoms with Crippen LogP contribution in [0.4, 0.5) is 0 Å². The van der Waals surface area contributed by atoms with Gasteiger partial charge in [0.1, 0.15) is 11.8 Å². The Morgan fingerprint density at radius 1 is 1.50 bits per heavy atom. The molecule has 0 unspecified atom stereocenters.